The molecule has 0 unspecified atom stereocenters. The lowest BCUT2D eigenvalue weighted by molar-refractivity contribution is 0.204. The quantitative estimate of drug-likeness (QED) is 0.317. The van der Waals surface area contributed by atoms with Crippen LogP contribution in [0.3, 0.4) is 0 Å². The van der Waals surface area contributed by atoms with Crippen molar-refractivity contribution >= 4 is 40.1 Å². The summed E-state index contributed by atoms with van der Waals surface area (Å²) in [6.07, 6.45) is 5.51. The summed E-state index contributed by atoms with van der Waals surface area (Å²) >= 11 is 12.5. The van der Waals surface area contributed by atoms with Crippen LogP contribution in [0, 0.1) is 0 Å². The summed E-state index contributed by atoms with van der Waals surface area (Å²) in [5, 5.41) is 12.2. The number of methoxy groups -OCH3 is 1. The van der Waals surface area contributed by atoms with Crippen LogP contribution < -0.4 is 25.4 Å². The van der Waals surface area contributed by atoms with Crippen molar-refractivity contribution in [3.8, 4) is 22.8 Å². The summed E-state index contributed by atoms with van der Waals surface area (Å²) in [6, 6.07) is 3.59. The number of hydrogen-bond acceptors (Lipinski definition) is 9. The maximum Gasteiger partial charge on any atom is 0.225 e. The number of ether oxygens (including phenoxy) is 2. The molecule has 3 aromatic heterocycles. The van der Waals surface area contributed by atoms with Crippen LogP contribution in [0.4, 0.5) is 5.95 Å². The molecule has 4 N–H and O–H groups in total. The van der Waals surface area contributed by atoms with Crippen molar-refractivity contribution in [3.63, 3.8) is 0 Å². The number of halogens is 2. The van der Waals surface area contributed by atoms with E-state index in [4.69, 9.17) is 38.4 Å². The van der Waals surface area contributed by atoms with E-state index in [-0.39, 0.29) is 5.54 Å². The fraction of sp³-hybridized carbons (Fsp3) is 0.304. The summed E-state index contributed by atoms with van der Waals surface area (Å²) in [7, 11) is 3.51. The molecule has 0 saturated carbocycles. The van der Waals surface area contributed by atoms with E-state index in [1.807, 2.05) is 7.05 Å². The maximum atomic E-state index is 6.29. The largest absolute Gasteiger partial charge is 0.493 e. The van der Waals surface area contributed by atoms with Crippen molar-refractivity contribution < 1.29 is 9.47 Å². The molecule has 1 fully saturated rings. The van der Waals surface area contributed by atoms with Crippen molar-refractivity contribution in [3.05, 3.63) is 52.5 Å². The van der Waals surface area contributed by atoms with Gasteiger partial charge in [-0.15, -0.1) is 0 Å². The molecule has 12 heteroatoms. The van der Waals surface area contributed by atoms with Crippen LogP contribution in [0.15, 0.2) is 36.9 Å². The molecule has 5 rings (SSSR count). The number of H-pyrrole nitrogens is 1. The molecule has 0 amide bonds. The number of hydrogen-bond donors (Lipinski definition) is 3. The lowest BCUT2D eigenvalue weighted by Crippen LogP contribution is -2.67. The van der Waals surface area contributed by atoms with Gasteiger partial charge in [-0.05, 0) is 20.0 Å². The van der Waals surface area contributed by atoms with Gasteiger partial charge in [0.05, 0.1) is 28.2 Å². The molecule has 4 aromatic rings. The third kappa shape index (κ3) is 4.34. The van der Waals surface area contributed by atoms with Gasteiger partial charge in [0.2, 0.25) is 5.95 Å². The second kappa shape index (κ2) is 9.12. The van der Waals surface area contributed by atoms with Crippen LogP contribution in [-0.4, -0.2) is 57.9 Å². The van der Waals surface area contributed by atoms with Crippen LogP contribution in [0.2, 0.25) is 10.0 Å². The van der Waals surface area contributed by atoms with Crippen molar-refractivity contribution in [1.29, 1.82) is 0 Å². The molecule has 1 atom stereocenters. The average molecular weight is 515 g/mol. The van der Waals surface area contributed by atoms with Crippen molar-refractivity contribution in [2.45, 2.75) is 18.7 Å². The third-order valence-corrected chi connectivity index (χ3v) is 6.76. The predicted molar refractivity (Wildman–Crippen MR) is 135 cm³/mol. The number of aromatic nitrogens is 5. The van der Waals surface area contributed by atoms with E-state index < -0.39 is 6.23 Å². The van der Waals surface area contributed by atoms with E-state index in [0.717, 1.165) is 29.6 Å². The summed E-state index contributed by atoms with van der Waals surface area (Å²) in [6.45, 7) is 3.87. The highest BCUT2D eigenvalue weighted by Crippen LogP contribution is 2.39. The predicted octanol–water partition coefficient (Wildman–Crippen LogP) is 3.56. The van der Waals surface area contributed by atoms with Gasteiger partial charge in [-0.3, -0.25) is 15.8 Å². The Balaban J connectivity index is 1.45. The maximum absolute atomic E-state index is 6.29. The number of nitrogens with one attached hydrogen (secondary N) is 2. The molecule has 4 heterocycles. The monoisotopic (exact) mass is 514 g/mol. The number of fused-ring (bicyclic) bond motifs is 1. The molecule has 1 saturated heterocycles. The fourth-order valence-corrected chi connectivity index (χ4v) is 4.67. The van der Waals surface area contributed by atoms with Crippen molar-refractivity contribution in [2.75, 3.05) is 32.1 Å². The van der Waals surface area contributed by atoms with Crippen molar-refractivity contribution in [1.82, 2.24) is 30.5 Å². The first kappa shape index (κ1) is 23.6. The van der Waals surface area contributed by atoms with Crippen LogP contribution in [-0.2, 0) is 0 Å². The smallest absolute Gasteiger partial charge is 0.225 e. The molecule has 182 valence electrons. The van der Waals surface area contributed by atoms with Gasteiger partial charge in [0.1, 0.15) is 5.69 Å². The van der Waals surface area contributed by atoms with Crippen molar-refractivity contribution in [2.24, 2.45) is 5.73 Å². The van der Waals surface area contributed by atoms with Gasteiger partial charge in [0.25, 0.3) is 0 Å². The van der Waals surface area contributed by atoms with Gasteiger partial charge in [-0.2, -0.15) is 5.10 Å². The lowest BCUT2D eigenvalue weighted by atomic mass is 9.93. The molecule has 1 aromatic carbocycles. The standard InChI is InChI=1S/C23H24Cl2N8O2/c1-23(27-2)10-33(11-23)22-29-6-12(7-30-22)20-13-4-18(17(34-3)5-16(13)31-32-20)35-21(26)19-14(24)8-28-9-15(19)25/h4-9,21,27H,10-11,26H2,1-3H3,(H,31,32)/t21-/m0/s1. The molecule has 35 heavy (non-hydrogen) atoms. The molecule has 1 aliphatic rings. The van der Waals surface area contributed by atoms with Crippen LogP contribution >= 0.6 is 23.2 Å². The first-order valence-corrected chi connectivity index (χ1v) is 11.6. The van der Waals surface area contributed by atoms with Crippen LogP contribution in [0.5, 0.6) is 11.5 Å². The highest BCUT2D eigenvalue weighted by molar-refractivity contribution is 6.35. The Morgan fingerprint density at radius 1 is 1.11 bits per heavy atom. The number of benzene rings is 1. The molecule has 1 aliphatic heterocycles. The minimum atomic E-state index is -0.942. The first-order chi connectivity index (χ1) is 16.8. The molecule has 0 aliphatic carbocycles. The third-order valence-electron chi connectivity index (χ3n) is 6.15. The Labute approximate surface area is 211 Å². The number of rotatable bonds is 7. The zero-order valence-corrected chi connectivity index (χ0v) is 20.9. The summed E-state index contributed by atoms with van der Waals surface area (Å²) in [4.78, 5) is 15.2. The van der Waals surface area contributed by atoms with Gasteiger partial charge >= 0.3 is 0 Å². The van der Waals surface area contributed by atoms with E-state index in [1.54, 1.807) is 31.6 Å². The Bertz CT molecular complexity index is 1350. The van der Waals surface area contributed by atoms with Crippen LogP contribution in [0.1, 0.15) is 18.7 Å². The number of likely N-dealkylation sites (N-methyl/N-ethyl adjacent to an activating group) is 1. The van der Waals surface area contributed by atoms with E-state index in [1.165, 1.54) is 12.4 Å². The second-order valence-corrected chi connectivity index (χ2v) is 9.43. The Morgan fingerprint density at radius 3 is 2.43 bits per heavy atom. The fourth-order valence-electron chi connectivity index (χ4n) is 4.09. The van der Waals surface area contributed by atoms with E-state index in [0.29, 0.717) is 38.8 Å². The molecular weight excluding hydrogens is 491 g/mol. The van der Waals surface area contributed by atoms with Gasteiger partial charge in [0, 0.05) is 60.5 Å². The number of aromatic amines is 1. The molecule has 0 spiro atoms. The number of nitrogens with two attached hydrogens (primary N) is 1. The number of nitrogens with zero attached hydrogens (tertiary/aromatic N) is 5. The van der Waals surface area contributed by atoms with Gasteiger partial charge in [0.15, 0.2) is 17.7 Å². The SMILES string of the molecule is CNC1(C)CN(c2ncc(-c3n[nH]c4cc(OC)c(O[C@H](N)c5c(Cl)cncc5Cl)cc34)cn2)C1. The second-order valence-electron chi connectivity index (χ2n) is 8.61. The normalized spacial score (nSPS) is 15.7. The molecular formula is C23H24Cl2N8O2. The summed E-state index contributed by atoms with van der Waals surface area (Å²) < 4.78 is 11.5. The first-order valence-electron chi connectivity index (χ1n) is 10.9. The topological polar surface area (TPSA) is 127 Å². The summed E-state index contributed by atoms with van der Waals surface area (Å²) in [5.74, 6) is 1.56. The zero-order valence-electron chi connectivity index (χ0n) is 19.3. The minimum absolute atomic E-state index is 0.0848. The van der Waals surface area contributed by atoms with E-state index in [2.05, 4.69) is 42.3 Å². The van der Waals surface area contributed by atoms with E-state index in [9.17, 15) is 0 Å². The van der Waals surface area contributed by atoms with Crippen LogP contribution in [0.25, 0.3) is 22.2 Å². The van der Waals surface area contributed by atoms with E-state index >= 15 is 0 Å². The Morgan fingerprint density at radius 2 is 1.80 bits per heavy atom. The molecule has 10 nitrogen and oxygen atoms in total. The Hall–Kier alpha value is -3.18. The summed E-state index contributed by atoms with van der Waals surface area (Å²) in [5.41, 5.74) is 9.00. The number of anilines is 1. The highest BCUT2D eigenvalue weighted by Gasteiger charge is 2.38. The zero-order chi connectivity index (χ0) is 24.7. The van der Waals surface area contributed by atoms with Gasteiger partial charge < -0.3 is 19.7 Å². The van der Waals surface area contributed by atoms with Gasteiger partial charge in [-0.25, -0.2) is 9.97 Å². The highest BCUT2D eigenvalue weighted by atomic mass is 35.5. The lowest BCUT2D eigenvalue weighted by Gasteiger charge is -2.47. The minimum Gasteiger partial charge on any atom is -0.493 e. The Kier molecular flexibility index (Phi) is 6.14. The van der Waals surface area contributed by atoms with Gasteiger partial charge in [-0.1, -0.05) is 23.2 Å². The average Bonchev–Trinajstić information content (AvgIpc) is 3.24. The molecule has 0 bridgehead atoms. The molecule has 0 radical (unpaired) electrons. The number of pyridine rings is 1.